The quantitative estimate of drug-likeness (QED) is 0.539. The zero-order valence-electron chi connectivity index (χ0n) is 7.58. The molecule has 0 rings (SSSR count). The summed E-state index contributed by atoms with van der Waals surface area (Å²) in [6, 6.07) is 0. The van der Waals surface area contributed by atoms with E-state index in [0.29, 0.717) is 5.71 Å². The molecule has 3 N–H and O–H groups in total. The van der Waals surface area contributed by atoms with E-state index in [-0.39, 0.29) is 5.41 Å². The molecule has 0 fully saturated rings. The van der Waals surface area contributed by atoms with Gasteiger partial charge in [0, 0.05) is 16.7 Å². The van der Waals surface area contributed by atoms with Crippen molar-refractivity contribution in [1.82, 2.24) is 0 Å². The number of nitrogens with one attached hydrogen (secondary N) is 1. The second-order valence-corrected chi connectivity index (χ2v) is 4.35. The summed E-state index contributed by atoms with van der Waals surface area (Å²) in [4.78, 5) is 0. The molecule has 10 heavy (non-hydrogen) atoms. The summed E-state index contributed by atoms with van der Waals surface area (Å²) in [5.41, 5.74) is 5.76. The Bertz CT molecular complexity index is 118. The summed E-state index contributed by atoms with van der Waals surface area (Å²) in [6.45, 7) is 9.74. The van der Waals surface area contributed by atoms with E-state index < -0.39 is 5.54 Å². The highest BCUT2D eigenvalue weighted by molar-refractivity contribution is 5.94. The van der Waals surface area contributed by atoms with Crippen molar-refractivity contribution in [3.05, 3.63) is 0 Å². The third kappa shape index (κ3) is 2.48. The zero-order chi connectivity index (χ0) is 8.58. The first kappa shape index (κ1) is 9.63. The van der Waals surface area contributed by atoms with Crippen LogP contribution in [0.2, 0.25) is 0 Å². The number of rotatable bonds is 1. The average Bonchev–Trinajstić information content (AvgIpc) is 1.59. The molecule has 0 spiro atoms. The van der Waals surface area contributed by atoms with Gasteiger partial charge in [0.15, 0.2) is 0 Å². The lowest BCUT2D eigenvalue weighted by Crippen LogP contribution is -2.47. The van der Waals surface area contributed by atoms with E-state index in [1.54, 1.807) is 0 Å². The fourth-order valence-corrected chi connectivity index (χ4v) is 0.967. The maximum Gasteiger partial charge on any atom is 0.0485 e. The molecule has 0 heterocycles. The Balaban J connectivity index is 4.40. The molecule has 0 amide bonds. The van der Waals surface area contributed by atoms with Crippen molar-refractivity contribution in [2.24, 2.45) is 11.1 Å². The highest BCUT2D eigenvalue weighted by atomic mass is 14.8. The Morgan fingerprint density at radius 3 is 1.40 bits per heavy atom. The van der Waals surface area contributed by atoms with E-state index in [9.17, 15) is 0 Å². The lowest BCUT2D eigenvalue weighted by Gasteiger charge is -2.30. The number of hydrogen-bond donors (Lipinski definition) is 2. The molecule has 0 radical (unpaired) electrons. The monoisotopic (exact) mass is 142 g/mol. The first-order valence-electron chi connectivity index (χ1n) is 3.54. The minimum atomic E-state index is -0.474. The SMILES string of the molecule is CC(C)(C)C(=N)C(C)(C)N. The molecule has 0 aliphatic heterocycles. The molecule has 0 saturated heterocycles. The Hall–Kier alpha value is -0.370. The normalized spacial score (nSPS) is 13.4. The van der Waals surface area contributed by atoms with Gasteiger partial charge in [-0.25, -0.2) is 0 Å². The van der Waals surface area contributed by atoms with Crippen LogP contribution < -0.4 is 5.73 Å². The maximum absolute atomic E-state index is 7.67. The lowest BCUT2D eigenvalue weighted by molar-refractivity contribution is 0.521. The van der Waals surface area contributed by atoms with Gasteiger partial charge < -0.3 is 11.1 Å². The van der Waals surface area contributed by atoms with Crippen LogP contribution in [-0.4, -0.2) is 11.3 Å². The molecule has 2 heteroatoms. The van der Waals surface area contributed by atoms with Gasteiger partial charge in [-0.1, -0.05) is 20.8 Å². The highest BCUT2D eigenvalue weighted by Gasteiger charge is 2.28. The molecular formula is C8H18N2. The molecular weight excluding hydrogens is 124 g/mol. The van der Waals surface area contributed by atoms with Crippen LogP contribution in [0, 0.1) is 10.8 Å². The van der Waals surface area contributed by atoms with Crippen LogP contribution in [0.1, 0.15) is 34.6 Å². The van der Waals surface area contributed by atoms with Crippen molar-refractivity contribution in [3.63, 3.8) is 0 Å². The minimum absolute atomic E-state index is 0.0990. The fourth-order valence-electron chi connectivity index (χ4n) is 0.967. The number of nitrogens with two attached hydrogens (primary N) is 1. The molecule has 0 aliphatic rings. The number of hydrogen-bond acceptors (Lipinski definition) is 2. The largest absolute Gasteiger partial charge is 0.321 e. The van der Waals surface area contributed by atoms with Gasteiger partial charge in [0.1, 0.15) is 0 Å². The van der Waals surface area contributed by atoms with Gasteiger partial charge in [-0.2, -0.15) is 0 Å². The van der Waals surface area contributed by atoms with Crippen LogP contribution in [0.3, 0.4) is 0 Å². The minimum Gasteiger partial charge on any atom is -0.321 e. The van der Waals surface area contributed by atoms with Crippen LogP contribution in [0.15, 0.2) is 0 Å². The molecule has 0 aliphatic carbocycles. The van der Waals surface area contributed by atoms with Crippen LogP contribution >= 0.6 is 0 Å². The molecule has 0 aromatic heterocycles. The lowest BCUT2D eigenvalue weighted by atomic mass is 9.80. The second-order valence-electron chi connectivity index (χ2n) is 4.35. The summed E-state index contributed by atoms with van der Waals surface area (Å²) in [5.74, 6) is 0. The smallest absolute Gasteiger partial charge is 0.0485 e. The first-order valence-corrected chi connectivity index (χ1v) is 3.54. The van der Waals surface area contributed by atoms with Gasteiger partial charge in [-0.3, -0.25) is 0 Å². The van der Waals surface area contributed by atoms with Crippen molar-refractivity contribution >= 4 is 5.71 Å². The predicted molar refractivity (Wildman–Crippen MR) is 45.4 cm³/mol. The Morgan fingerprint density at radius 1 is 1.10 bits per heavy atom. The molecule has 0 atom stereocenters. The van der Waals surface area contributed by atoms with E-state index in [2.05, 4.69) is 0 Å². The van der Waals surface area contributed by atoms with Crippen LogP contribution in [-0.2, 0) is 0 Å². The van der Waals surface area contributed by atoms with E-state index >= 15 is 0 Å². The fraction of sp³-hybridized carbons (Fsp3) is 0.875. The predicted octanol–water partition coefficient (Wildman–Crippen LogP) is 1.79. The van der Waals surface area contributed by atoms with Gasteiger partial charge in [0.2, 0.25) is 0 Å². The summed E-state index contributed by atoms with van der Waals surface area (Å²) >= 11 is 0. The van der Waals surface area contributed by atoms with Gasteiger partial charge >= 0.3 is 0 Å². The molecule has 60 valence electrons. The van der Waals surface area contributed by atoms with Gasteiger partial charge in [0.25, 0.3) is 0 Å². The van der Waals surface area contributed by atoms with E-state index in [0.717, 1.165) is 0 Å². The van der Waals surface area contributed by atoms with E-state index in [1.165, 1.54) is 0 Å². The molecule has 2 nitrogen and oxygen atoms in total. The maximum atomic E-state index is 7.67. The first-order chi connectivity index (χ1) is 4.15. The standard InChI is InChI=1S/C8H18N2/c1-7(2,3)6(9)8(4,5)10/h9H,10H2,1-5H3. The van der Waals surface area contributed by atoms with Crippen molar-refractivity contribution < 1.29 is 0 Å². The summed E-state index contributed by atoms with van der Waals surface area (Å²) in [7, 11) is 0. The van der Waals surface area contributed by atoms with Crippen molar-refractivity contribution in [2.75, 3.05) is 0 Å². The van der Waals surface area contributed by atoms with Crippen molar-refractivity contribution in [3.8, 4) is 0 Å². The molecule has 0 bridgehead atoms. The summed E-state index contributed by atoms with van der Waals surface area (Å²) in [6.07, 6.45) is 0. The summed E-state index contributed by atoms with van der Waals surface area (Å²) < 4.78 is 0. The highest BCUT2D eigenvalue weighted by Crippen LogP contribution is 2.20. The third-order valence-electron chi connectivity index (χ3n) is 1.39. The second kappa shape index (κ2) is 2.35. The topological polar surface area (TPSA) is 49.9 Å². The molecule has 0 unspecified atom stereocenters. The van der Waals surface area contributed by atoms with E-state index in [1.807, 2.05) is 34.6 Å². The Kier molecular flexibility index (Phi) is 2.26. The van der Waals surface area contributed by atoms with Gasteiger partial charge in [-0.15, -0.1) is 0 Å². The molecule has 0 aromatic rings. The van der Waals surface area contributed by atoms with Gasteiger partial charge in [0.05, 0.1) is 0 Å². The average molecular weight is 142 g/mol. The zero-order valence-corrected chi connectivity index (χ0v) is 7.58. The summed E-state index contributed by atoms with van der Waals surface area (Å²) in [5, 5.41) is 7.67. The van der Waals surface area contributed by atoms with Crippen LogP contribution in [0.25, 0.3) is 0 Å². The van der Waals surface area contributed by atoms with Gasteiger partial charge in [-0.05, 0) is 13.8 Å². The molecule has 0 saturated carbocycles. The van der Waals surface area contributed by atoms with Crippen LogP contribution in [0.4, 0.5) is 0 Å². The van der Waals surface area contributed by atoms with Crippen molar-refractivity contribution in [1.29, 1.82) is 5.41 Å². The van der Waals surface area contributed by atoms with Crippen molar-refractivity contribution in [2.45, 2.75) is 40.2 Å². The van der Waals surface area contributed by atoms with E-state index in [4.69, 9.17) is 11.1 Å². The third-order valence-corrected chi connectivity index (χ3v) is 1.39. The Morgan fingerprint density at radius 2 is 1.40 bits per heavy atom. The Labute approximate surface area is 63.3 Å². The van der Waals surface area contributed by atoms with Crippen LogP contribution in [0.5, 0.6) is 0 Å². The molecule has 0 aromatic carbocycles.